The van der Waals surface area contributed by atoms with Crippen molar-refractivity contribution in [2.24, 2.45) is 5.92 Å². The van der Waals surface area contributed by atoms with Crippen LogP contribution in [0.15, 0.2) is 18.3 Å². The minimum Gasteiger partial charge on any atom is -0.394 e. The van der Waals surface area contributed by atoms with Crippen molar-refractivity contribution < 1.29 is 9.90 Å². The van der Waals surface area contributed by atoms with Gasteiger partial charge in [0.1, 0.15) is 5.15 Å². The molecule has 1 atom stereocenters. The lowest BCUT2D eigenvalue weighted by molar-refractivity contribution is 0.155. The average Bonchev–Trinajstić information content (AvgIpc) is 3.22. The highest BCUT2D eigenvalue weighted by Gasteiger charge is 2.42. The molecule has 1 heterocycles. The van der Waals surface area contributed by atoms with Crippen LogP contribution in [-0.4, -0.2) is 28.3 Å². The number of nitrogens with zero attached hydrogens (tertiary/aromatic N) is 1. The zero-order valence-electron chi connectivity index (χ0n) is 10.8. The third-order valence-electron chi connectivity index (χ3n) is 3.45. The van der Waals surface area contributed by atoms with Gasteiger partial charge in [0.25, 0.3) is 0 Å². The molecule has 2 amide bonds. The fourth-order valence-electron chi connectivity index (χ4n) is 1.99. The van der Waals surface area contributed by atoms with Crippen molar-refractivity contribution in [3.8, 4) is 0 Å². The Labute approximate surface area is 117 Å². The van der Waals surface area contributed by atoms with Crippen molar-refractivity contribution in [3.63, 3.8) is 0 Å². The Balaban J connectivity index is 1.82. The Kier molecular flexibility index (Phi) is 4.27. The molecule has 3 N–H and O–H groups in total. The molecule has 0 bridgehead atoms. The van der Waals surface area contributed by atoms with Gasteiger partial charge >= 0.3 is 6.03 Å². The number of hydrogen-bond donors (Lipinski definition) is 3. The van der Waals surface area contributed by atoms with Crippen molar-refractivity contribution >= 4 is 17.6 Å². The van der Waals surface area contributed by atoms with Gasteiger partial charge in [-0.1, -0.05) is 17.7 Å². The van der Waals surface area contributed by atoms with Crippen LogP contribution < -0.4 is 10.6 Å². The highest BCUT2D eigenvalue weighted by atomic mass is 35.5. The number of carbonyl (C=O) groups is 1. The van der Waals surface area contributed by atoms with Crippen LogP contribution in [0.2, 0.25) is 5.15 Å². The number of aromatic nitrogens is 1. The highest BCUT2D eigenvalue weighted by molar-refractivity contribution is 6.29. The standard InChI is InChI=1S/C13H18ClN3O2/c1-13(8-18,10-3-4-10)17-12(19)16-7-9-2-5-11(14)15-6-9/h2,5-6,10,18H,3-4,7-8H2,1H3,(H2,16,17,19). The summed E-state index contributed by atoms with van der Waals surface area (Å²) in [5, 5.41) is 15.4. The summed E-state index contributed by atoms with van der Waals surface area (Å²) in [6.07, 6.45) is 3.73. The fourth-order valence-corrected chi connectivity index (χ4v) is 2.10. The van der Waals surface area contributed by atoms with Crippen LogP contribution in [0.25, 0.3) is 0 Å². The number of rotatable bonds is 5. The van der Waals surface area contributed by atoms with E-state index >= 15 is 0 Å². The van der Waals surface area contributed by atoms with Gasteiger partial charge in [0.2, 0.25) is 0 Å². The van der Waals surface area contributed by atoms with E-state index in [0.717, 1.165) is 18.4 Å². The molecule has 104 valence electrons. The van der Waals surface area contributed by atoms with Crippen LogP contribution in [0, 0.1) is 5.92 Å². The number of carbonyl (C=O) groups excluding carboxylic acids is 1. The van der Waals surface area contributed by atoms with Crippen molar-refractivity contribution in [2.75, 3.05) is 6.61 Å². The minimum atomic E-state index is -0.525. The van der Waals surface area contributed by atoms with Gasteiger partial charge in [-0.25, -0.2) is 9.78 Å². The maximum absolute atomic E-state index is 11.8. The topological polar surface area (TPSA) is 74.2 Å². The molecular formula is C13H18ClN3O2. The molecule has 1 unspecified atom stereocenters. The molecule has 0 spiro atoms. The molecule has 2 rings (SSSR count). The van der Waals surface area contributed by atoms with Gasteiger partial charge in [-0.05, 0) is 37.3 Å². The summed E-state index contributed by atoms with van der Waals surface area (Å²) < 4.78 is 0. The normalized spacial score (nSPS) is 17.6. The van der Waals surface area contributed by atoms with Gasteiger partial charge in [-0.15, -0.1) is 0 Å². The SMILES string of the molecule is CC(CO)(NC(=O)NCc1ccc(Cl)nc1)C1CC1. The summed E-state index contributed by atoms with van der Waals surface area (Å²) in [4.78, 5) is 15.8. The van der Waals surface area contributed by atoms with Gasteiger partial charge < -0.3 is 15.7 Å². The van der Waals surface area contributed by atoms with Gasteiger partial charge in [-0.3, -0.25) is 0 Å². The maximum atomic E-state index is 11.8. The van der Waals surface area contributed by atoms with Crippen LogP contribution in [0.4, 0.5) is 4.79 Å². The van der Waals surface area contributed by atoms with E-state index in [4.69, 9.17) is 11.6 Å². The molecule has 6 heteroatoms. The zero-order valence-corrected chi connectivity index (χ0v) is 11.6. The van der Waals surface area contributed by atoms with E-state index in [1.54, 1.807) is 12.3 Å². The molecule has 0 aromatic carbocycles. The number of aliphatic hydroxyl groups excluding tert-OH is 1. The lowest BCUT2D eigenvalue weighted by Gasteiger charge is -2.28. The van der Waals surface area contributed by atoms with Crippen molar-refractivity contribution in [1.29, 1.82) is 0 Å². The summed E-state index contributed by atoms with van der Waals surface area (Å²) in [5.74, 6) is 0.375. The Hall–Kier alpha value is -1.33. The van der Waals surface area contributed by atoms with Gasteiger partial charge in [0, 0.05) is 12.7 Å². The van der Waals surface area contributed by atoms with E-state index in [1.807, 2.05) is 13.0 Å². The third-order valence-corrected chi connectivity index (χ3v) is 3.67. The van der Waals surface area contributed by atoms with Crippen LogP contribution in [0.5, 0.6) is 0 Å². The van der Waals surface area contributed by atoms with E-state index in [-0.39, 0.29) is 12.6 Å². The quantitative estimate of drug-likeness (QED) is 0.720. The zero-order chi connectivity index (χ0) is 13.9. The van der Waals surface area contributed by atoms with Crippen LogP contribution in [-0.2, 0) is 6.54 Å². The third kappa shape index (κ3) is 3.81. The molecule has 1 aliphatic rings. The fraction of sp³-hybridized carbons (Fsp3) is 0.538. The molecule has 0 radical (unpaired) electrons. The predicted molar refractivity (Wildman–Crippen MR) is 72.8 cm³/mol. The Morgan fingerprint density at radius 1 is 1.58 bits per heavy atom. The van der Waals surface area contributed by atoms with E-state index < -0.39 is 5.54 Å². The second-order valence-corrected chi connectivity index (χ2v) is 5.53. The lowest BCUT2D eigenvalue weighted by Crippen LogP contribution is -2.53. The Morgan fingerprint density at radius 3 is 2.84 bits per heavy atom. The molecule has 0 aliphatic heterocycles. The lowest BCUT2D eigenvalue weighted by atomic mass is 9.97. The van der Waals surface area contributed by atoms with E-state index in [9.17, 15) is 9.90 Å². The molecular weight excluding hydrogens is 266 g/mol. The Bertz CT molecular complexity index is 448. The number of pyridine rings is 1. The van der Waals surface area contributed by atoms with Crippen LogP contribution in [0.1, 0.15) is 25.3 Å². The summed E-state index contributed by atoms with van der Waals surface area (Å²) in [5.41, 5.74) is 0.346. The minimum absolute atomic E-state index is 0.0480. The molecule has 0 saturated heterocycles. The highest BCUT2D eigenvalue weighted by Crippen LogP contribution is 2.39. The first-order chi connectivity index (χ1) is 9.03. The second-order valence-electron chi connectivity index (χ2n) is 5.15. The summed E-state index contributed by atoms with van der Waals surface area (Å²) in [7, 11) is 0. The van der Waals surface area contributed by atoms with E-state index in [1.165, 1.54) is 0 Å². The molecule has 1 aliphatic carbocycles. The maximum Gasteiger partial charge on any atom is 0.315 e. The molecule has 1 saturated carbocycles. The molecule has 19 heavy (non-hydrogen) atoms. The monoisotopic (exact) mass is 283 g/mol. The van der Waals surface area contributed by atoms with Crippen LogP contribution >= 0.6 is 11.6 Å². The second kappa shape index (κ2) is 5.75. The molecule has 1 fully saturated rings. The molecule has 1 aromatic rings. The smallest absolute Gasteiger partial charge is 0.315 e. The number of amides is 2. The van der Waals surface area contributed by atoms with Gasteiger partial charge in [0.15, 0.2) is 0 Å². The van der Waals surface area contributed by atoms with E-state index in [2.05, 4.69) is 15.6 Å². The summed E-state index contributed by atoms with van der Waals surface area (Å²) in [6.45, 7) is 2.20. The molecule has 1 aromatic heterocycles. The predicted octanol–water partition coefficient (Wildman–Crippen LogP) is 1.70. The molecule has 5 nitrogen and oxygen atoms in total. The number of aliphatic hydroxyl groups is 1. The van der Waals surface area contributed by atoms with Crippen molar-refractivity contribution in [3.05, 3.63) is 29.0 Å². The summed E-state index contributed by atoms with van der Waals surface area (Å²) in [6, 6.07) is 3.21. The first-order valence-electron chi connectivity index (χ1n) is 6.31. The number of hydrogen-bond acceptors (Lipinski definition) is 3. The van der Waals surface area contributed by atoms with Crippen LogP contribution in [0.3, 0.4) is 0 Å². The number of halogens is 1. The van der Waals surface area contributed by atoms with Crippen molar-refractivity contribution in [2.45, 2.75) is 31.8 Å². The van der Waals surface area contributed by atoms with Gasteiger partial charge in [0.05, 0.1) is 12.1 Å². The summed E-state index contributed by atoms with van der Waals surface area (Å²) >= 11 is 5.68. The van der Waals surface area contributed by atoms with Gasteiger partial charge in [-0.2, -0.15) is 0 Å². The number of urea groups is 1. The number of nitrogens with one attached hydrogen (secondary N) is 2. The average molecular weight is 284 g/mol. The largest absolute Gasteiger partial charge is 0.394 e. The van der Waals surface area contributed by atoms with E-state index in [0.29, 0.717) is 17.6 Å². The van der Waals surface area contributed by atoms with Crippen molar-refractivity contribution in [1.82, 2.24) is 15.6 Å². The first kappa shape index (κ1) is 14.1. The first-order valence-corrected chi connectivity index (χ1v) is 6.68. The Morgan fingerprint density at radius 2 is 2.32 bits per heavy atom.